The molecule has 0 fully saturated rings. The van der Waals surface area contributed by atoms with Crippen LogP contribution >= 0.6 is 0 Å². The molecule has 32 heavy (non-hydrogen) atoms. The van der Waals surface area contributed by atoms with Gasteiger partial charge in [0.15, 0.2) is 11.5 Å². The number of nitriles is 1. The predicted octanol–water partition coefficient (Wildman–Crippen LogP) is 3.87. The van der Waals surface area contributed by atoms with Crippen molar-refractivity contribution in [3.8, 4) is 22.9 Å². The van der Waals surface area contributed by atoms with Gasteiger partial charge in [-0.1, -0.05) is 30.3 Å². The van der Waals surface area contributed by atoms with E-state index in [1.807, 2.05) is 24.3 Å². The molecule has 2 aliphatic rings. The summed E-state index contributed by atoms with van der Waals surface area (Å²) in [4.78, 5) is 19.3. The molecule has 158 valence electrons. The van der Waals surface area contributed by atoms with Crippen LogP contribution in [0.25, 0.3) is 11.1 Å². The maximum Gasteiger partial charge on any atom is 0.261 e. The van der Waals surface area contributed by atoms with Crippen LogP contribution in [0.5, 0.6) is 5.75 Å². The van der Waals surface area contributed by atoms with Gasteiger partial charge in [-0.2, -0.15) is 5.26 Å². The second-order valence-electron chi connectivity index (χ2n) is 7.96. The summed E-state index contributed by atoms with van der Waals surface area (Å²) < 4.78 is 20.1. The first-order valence-electron chi connectivity index (χ1n) is 10.1. The number of halogens is 1. The van der Waals surface area contributed by atoms with Crippen LogP contribution in [0.1, 0.15) is 29.2 Å². The van der Waals surface area contributed by atoms with E-state index in [4.69, 9.17) is 10.5 Å². The van der Waals surface area contributed by atoms with Crippen LogP contribution < -0.4 is 10.5 Å². The van der Waals surface area contributed by atoms with Crippen LogP contribution in [0.15, 0.2) is 71.7 Å². The number of fused-ring (bicyclic) bond motifs is 2. The van der Waals surface area contributed by atoms with Gasteiger partial charge < -0.3 is 10.5 Å². The van der Waals surface area contributed by atoms with E-state index in [0.29, 0.717) is 22.4 Å². The number of aliphatic imine (C=N–C) groups is 1. The molecule has 1 spiro atoms. The van der Waals surface area contributed by atoms with Gasteiger partial charge in [0.05, 0.1) is 11.6 Å². The fraction of sp³-hybridized carbons (Fsp3) is 0.160. The van der Waals surface area contributed by atoms with Crippen LogP contribution in [-0.2, 0) is 10.3 Å². The van der Waals surface area contributed by atoms with E-state index in [0.717, 1.165) is 11.1 Å². The summed E-state index contributed by atoms with van der Waals surface area (Å²) in [5, 5.41) is 9.24. The van der Waals surface area contributed by atoms with Crippen molar-refractivity contribution in [2.24, 2.45) is 10.7 Å². The Balaban J connectivity index is 1.67. The Morgan fingerprint density at radius 2 is 1.94 bits per heavy atom. The Morgan fingerprint density at radius 3 is 2.66 bits per heavy atom. The highest BCUT2D eigenvalue weighted by Gasteiger charge is 2.53. The number of nitrogens with two attached hydrogens (primary N) is 1. The number of carbonyl (C=O) groups is 1. The SMILES string of the molecule is CN1C(=O)C2(CC(c3cccc(F)c3)Oc3ccc(-c4cccc(C#N)c4)cc32)N=C1N. The molecule has 2 heterocycles. The van der Waals surface area contributed by atoms with Crippen molar-refractivity contribution in [1.29, 1.82) is 5.26 Å². The maximum absolute atomic E-state index is 13.9. The van der Waals surface area contributed by atoms with E-state index in [9.17, 15) is 14.4 Å². The largest absolute Gasteiger partial charge is 0.485 e. The molecule has 2 unspecified atom stereocenters. The monoisotopic (exact) mass is 426 g/mol. The number of ether oxygens (including phenoxy) is 1. The van der Waals surface area contributed by atoms with E-state index < -0.39 is 11.6 Å². The Bertz CT molecular complexity index is 1330. The van der Waals surface area contributed by atoms with Gasteiger partial charge in [0.2, 0.25) is 0 Å². The number of carbonyl (C=O) groups excluding carboxylic acids is 1. The zero-order chi connectivity index (χ0) is 22.5. The second-order valence-corrected chi connectivity index (χ2v) is 7.96. The summed E-state index contributed by atoms with van der Waals surface area (Å²) in [6.07, 6.45) is -0.382. The number of hydrogen-bond acceptors (Lipinski definition) is 5. The van der Waals surface area contributed by atoms with Gasteiger partial charge in [0.1, 0.15) is 17.7 Å². The molecular weight excluding hydrogens is 407 g/mol. The number of benzene rings is 3. The molecule has 2 atom stereocenters. The van der Waals surface area contributed by atoms with Crippen molar-refractivity contribution in [1.82, 2.24) is 4.90 Å². The van der Waals surface area contributed by atoms with Gasteiger partial charge in [-0.3, -0.25) is 9.69 Å². The normalized spacial score (nSPS) is 21.7. The Labute approximate surface area is 184 Å². The molecule has 5 rings (SSSR count). The average Bonchev–Trinajstić information content (AvgIpc) is 3.02. The smallest absolute Gasteiger partial charge is 0.261 e. The lowest BCUT2D eigenvalue weighted by Gasteiger charge is -2.37. The van der Waals surface area contributed by atoms with Crippen LogP contribution in [0.2, 0.25) is 0 Å². The van der Waals surface area contributed by atoms with E-state index in [1.54, 1.807) is 37.4 Å². The zero-order valence-electron chi connectivity index (χ0n) is 17.2. The minimum Gasteiger partial charge on any atom is -0.485 e. The van der Waals surface area contributed by atoms with Crippen molar-refractivity contribution < 1.29 is 13.9 Å². The first-order valence-corrected chi connectivity index (χ1v) is 10.1. The molecule has 1 amide bonds. The molecule has 0 bridgehead atoms. The zero-order valence-corrected chi connectivity index (χ0v) is 17.2. The maximum atomic E-state index is 13.9. The number of amides is 1. The fourth-order valence-electron chi connectivity index (χ4n) is 4.38. The topological polar surface area (TPSA) is 91.7 Å². The summed E-state index contributed by atoms with van der Waals surface area (Å²) in [6.45, 7) is 0. The summed E-state index contributed by atoms with van der Waals surface area (Å²) in [7, 11) is 1.59. The van der Waals surface area contributed by atoms with Crippen molar-refractivity contribution in [2.75, 3.05) is 7.05 Å². The quantitative estimate of drug-likeness (QED) is 0.673. The Hall–Kier alpha value is -4.18. The minimum absolute atomic E-state index is 0.123. The van der Waals surface area contributed by atoms with Gasteiger partial charge in [-0.15, -0.1) is 0 Å². The average molecular weight is 426 g/mol. The number of nitrogens with zero attached hydrogens (tertiary/aromatic N) is 3. The molecule has 2 aliphatic heterocycles. The van der Waals surface area contributed by atoms with Gasteiger partial charge in [-0.05, 0) is 53.1 Å². The van der Waals surface area contributed by atoms with E-state index in [1.165, 1.54) is 17.0 Å². The summed E-state index contributed by atoms with van der Waals surface area (Å²) in [5.74, 6) is -0.0240. The van der Waals surface area contributed by atoms with Gasteiger partial charge >= 0.3 is 0 Å². The third-order valence-electron chi connectivity index (χ3n) is 6.03. The Kier molecular flexibility index (Phi) is 4.45. The summed E-state index contributed by atoms with van der Waals surface area (Å²) >= 11 is 0. The molecule has 7 heteroatoms. The summed E-state index contributed by atoms with van der Waals surface area (Å²) in [5.41, 5.74) is 8.19. The van der Waals surface area contributed by atoms with Crippen molar-refractivity contribution in [3.05, 3.63) is 89.2 Å². The molecule has 0 saturated carbocycles. The predicted molar refractivity (Wildman–Crippen MR) is 117 cm³/mol. The number of guanidine groups is 1. The standard InChI is InChI=1S/C25H19FN4O2/c1-30-23(31)25(29-24(30)28)13-22(18-6-3-7-19(26)11-18)32-21-9-8-17(12-20(21)25)16-5-2-4-15(10-16)14-27/h2-12,22H,13H2,1H3,(H2,28,29). The van der Waals surface area contributed by atoms with E-state index in [2.05, 4.69) is 11.1 Å². The first-order chi connectivity index (χ1) is 15.4. The van der Waals surface area contributed by atoms with Crippen molar-refractivity contribution in [3.63, 3.8) is 0 Å². The highest BCUT2D eigenvalue weighted by molar-refractivity contribution is 6.07. The lowest BCUT2D eigenvalue weighted by Crippen LogP contribution is -2.43. The molecule has 0 aliphatic carbocycles. The molecular formula is C25H19FN4O2. The van der Waals surface area contributed by atoms with Crippen molar-refractivity contribution >= 4 is 11.9 Å². The number of hydrogen-bond donors (Lipinski definition) is 1. The highest BCUT2D eigenvalue weighted by atomic mass is 19.1. The fourth-order valence-corrected chi connectivity index (χ4v) is 4.38. The number of rotatable bonds is 2. The minimum atomic E-state index is -1.27. The molecule has 0 radical (unpaired) electrons. The van der Waals surface area contributed by atoms with Crippen LogP contribution in [0, 0.1) is 17.1 Å². The third kappa shape index (κ3) is 3.00. The molecule has 0 saturated heterocycles. The van der Waals surface area contributed by atoms with Crippen molar-refractivity contribution in [2.45, 2.75) is 18.1 Å². The van der Waals surface area contributed by atoms with E-state index >= 15 is 0 Å². The van der Waals surface area contributed by atoms with Crippen LogP contribution in [-0.4, -0.2) is 23.8 Å². The van der Waals surface area contributed by atoms with Gasteiger partial charge in [-0.25, -0.2) is 9.38 Å². The number of likely N-dealkylation sites (N-methyl/N-ethyl adjacent to an activating group) is 1. The highest BCUT2D eigenvalue weighted by Crippen LogP contribution is 2.50. The van der Waals surface area contributed by atoms with Crippen LogP contribution in [0.3, 0.4) is 0 Å². The molecule has 2 N–H and O–H groups in total. The Morgan fingerprint density at radius 1 is 1.16 bits per heavy atom. The third-order valence-corrected chi connectivity index (χ3v) is 6.03. The van der Waals surface area contributed by atoms with Gasteiger partial charge in [0.25, 0.3) is 5.91 Å². The molecule has 0 aromatic heterocycles. The summed E-state index contributed by atoms with van der Waals surface area (Å²) in [6, 6.07) is 21.0. The molecule has 3 aromatic carbocycles. The van der Waals surface area contributed by atoms with Gasteiger partial charge in [0, 0.05) is 19.0 Å². The molecule has 6 nitrogen and oxygen atoms in total. The van der Waals surface area contributed by atoms with E-state index in [-0.39, 0.29) is 24.1 Å². The molecule has 3 aromatic rings. The van der Waals surface area contributed by atoms with Crippen LogP contribution in [0.4, 0.5) is 4.39 Å². The lowest BCUT2D eigenvalue weighted by molar-refractivity contribution is -0.132. The lowest BCUT2D eigenvalue weighted by atomic mass is 9.79. The first kappa shape index (κ1) is 19.8. The second kappa shape index (κ2) is 7.20.